The minimum absolute atomic E-state index is 0.0811. The molecule has 0 fully saturated rings. The van der Waals surface area contributed by atoms with E-state index in [1.165, 1.54) is 0 Å². The molecule has 5 heteroatoms. The van der Waals surface area contributed by atoms with E-state index in [2.05, 4.69) is 6.58 Å². The summed E-state index contributed by atoms with van der Waals surface area (Å²) in [6.07, 6.45) is 1.15. The molecule has 0 radical (unpaired) electrons. The van der Waals surface area contributed by atoms with E-state index in [1.54, 1.807) is 17.9 Å². The standard InChI is InChI=1S/C13H25NO4/c1-5-7-14(9-13(16)17-6-2)8-12(15)10-18-11(3)4/h5,11-12,15H,1,6-10H2,2-4H3. The van der Waals surface area contributed by atoms with Gasteiger partial charge in [-0.25, -0.2) is 0 Å². The Hall–Kier alpha value is -0.910. The highest BCUT2D eigenvalue weighted by molar-refractivity contribution is 5.71. The number of nitrogens with zero attached hydrogens (tertiary/aromatic N) is 1. The van der Waals surface area contributed by atoms with Gasteiger partial charge in [-0.1, -0.05) is 6.08 Å². The number of ether oxygens (including phenoxy) is 2. The molecule has 0 heterocycles. The van der Waals surface area contributed by atoms with Gasteiger partial charge in [0.1, 0.15) is 0 Å². The number of carbonyl (C=O) groups excluding carboxylic acids is 1. The normalized spacial score (nSPS) is 12.8. The summed E-state index contributed by atoms with van der Waals surface area (Å²) in [5, 5.41) is 9.78. The van der Waals surface area contributed by atoms with Crippen LogP contribution in [0.25, 0.3) is 0 Å². The Morgan fingerprint density at radius 2 is 2.17 bits per heavy atom. The first-order valence-electron chi connectivity index (χ1n) is 6.28. The second-order valence-corrected chi connectivity index (χ2v) is 4.32. The monoisotopic (exact) mass is 259 g/mol. The van der Waals surface area contributed by atoms with Crippen molar-refractivity contribution in [3.8, 4) is 0 Å². The third-order valence-electron chi connectivity index (χ3n) is 2.14. The van der Waals surface area contributed by atoms with Crippen LogP contribution in [-0.4, -0.2) is 61.0 Å². The molecule has 18 heavy (non-hydrogen) atoms. The van der Waals surface area contributed by atoms with Crippen LogP contribution in [0.2, 0.25) is 0 Å². The van der Waals surface area contributed by atoms with Crippen molar-refractivity contribution >= 4 is 5.97 Å². The van der Waals surface area contributed by atoms with Gasteiger partial charge in [0.25, 0.3) is 0 Å². The van der Waals surface area contributed by atoms with E-state index < -0.39 is 6.10 Å². The van der Waals surface area contributed by atoms with Crippen LogP contribution < -0.4 is 0 Å². The number of rotatable bonds is 10. The minimum Gasteiger partial charge on any atom is -0.465 e. The summed E-state index contributed by atoms with van der Waals surface area (Å²) in [5.41, 5.74) is 0. The summed E-state index contributed by atoms with van der Waals surface area (Å²) in [7, 11) is 0. The maximum Gasteiger partial charge on any atom is 0.320 e. The van der Waals surface area contributed by atoms with Gasteiger partial charge in [-0.15, -0.1) is 6.58 Å². The SMILES string of the molecule is C=CCN(CC(=O)OCC)CC(O)COC(C)C. The summed E-state index contributed by atoms with van der Waals surface area (Å²) in [6, 6.07) is 0. The molecule has 0 aliphatic heterocycles. The zero-order valence-electron chi connectivity index (χ0n) is 11.6. The number of carbonyl (C=O) groups is 1. The summed E-state index contributed by atoms with van der Waals surface area (Å²) >= 11 is 0. The first kappa shape index (κ1) is 17.1. The lowest BCUT2D eigenvalue weighted by atomic mass is 10.3. The Kier molecular flexibility index (Phi) is 9.55. The van der Waals surface area contributed by atoms with Gasteiger partial charge in [0.05, 0.1) is 32.0 Å². The van der Waals surface area contributed by atoms with E-state index in [1.807, 2.05) is 13.8 Å². The van der Waals surface area contributed by atoms with E-state index >= 15 is 0 Å². The molecule has 0 saturated heterocycles. The van der Waals surface area contributed by atoms with Crippen LogP contribution in [0.3, 0.4) is 0 Å². The zero-order valence-corrected chi connectivity index (χ0v) is 11.6. The molecule has 1 atom stereocenters. The van der Waals surface area contributed by atoms with Crippen LogP contribution in [0.5, 0.6) is 0 Å². The van der Waals surface area contributed by atoms with Gasteiger partial charge in [-0.3, -0.25) is 9.69 Å². The molecule has 0 aliphatic carbocycles. The highest BCUT2D eigenvalue weighted by Crippen LogP contribution is 1.98. The van der Waals surface area contributed by atoms with E-state index in [4.69, 9.17) is 9.47 Å². The topological polar surface area (TPSA) is 59.0 Å². The molecule has 106 valence electrons. The highest BCUT2D eigenvalue weighted by atomic mass is 16.5. The van der Waals surface area contributed by atoms with E-state index in [-0.39, 0.29) is 25.2 Å². The van der Waals surface area contributed by atoms with Crippen molar-refractivity contribution in [1.82, 2.24) is 4.90 Å². The molecule has 0 aromatic heterocycles. The highest BCUT2D eigenvalue weighted by Gasteiger charge is 2.15. The third-order valence-corrected chi connectivity index (χ3v) is 2.14. The molecule has 1 unspecified atom stereocenters. The molecule has 0 aliphatic rings. The van der Waals surface area contributed by atoms with E-state index in [0.29, 0.717) is 19.7 Å². The van der Waals surface area contributed by atoms with Crippen LogP contribution >= 0.6 is 0 Å². The van der Waals surface area contributed by atoms with E-state index in [9.17, 15) is 9.90 Å². The lowest BCUT2D eigenvalue weighted by Gasteiger charge is -2.23. The van der Waals surface area contributed by atoms with Crippen LogP contribution in [0.4, 0.5) is 0 Å². The first-order chi connectivity index (χ1) is 8.49. The number of aliphatic hydroxyl groups is 1. The average molecular weight is 259 g/mol. The smallest absolute Gasteiger partial charge is 0.320 e. The van der Waals surface area contributed by atoms with Gasteiger partial charge in [-0.2, -0.15) is 0 Å². The number of hydrogen-bond donors (Lipinski definition) is 1. The van der Waals surface area contributed by atoms with Gasteiger partial charge >= 0.3 is 5.97 Å². The molecule has 1 N–H and O–H groups in total. The van der Waals surface area contributed by atoms with Gasteiger partial charge in [-0.05, 0) is 20.8 Å². The van der Waals surface area contributed by atoms with Crippen molar-refractivity contribution in [1.29, 1.82) is 0 Å². The first-order valence-corrected chi connectivity index (χ1v) is 6.28. The summed E-state index contributed by atoms with van der Waals surface area (Å²) in [6.45, 7) is 10.9. The molecule has 0 aromatic rings. The van der Waals surface area contributed by atoms with Crippen molar-refractivity contribution in [3.63, 3.8) is 0 Å². The molecular weight excluding hydrogens is 234 g/mol. The fourth-order valence-corrected chi connectivity index (χ4v) is 1.43. The van der Waals surface area contributed by atoms with E-state index in [0.717, 1.165) is 0 Å². The van der Waals surface area contributed by atoms with Crippen molar-refractivity contribution in [2.45, 2.75) is 33.0 Å². The maximum atomic E-state index is 11.4. The molecule has 0 amide bonds. The Bertz CT molecular complexity index is 243. The predicted molar refractivity (Wildman–Crippen MR) is 70.4 cm³/mol. The predicted octanol–water partition coefficient (Wildman–Crippen LogP) is 0.823. The molecule has 0 saturated carbocycles. The average Bonchev–Trinajstić information content (AvgIpc) is 2.27. The van der Waals surface area contributed by atoms with Crippen LogP contribution in [0.1, 0.15) is 20.8 Å². The van der Waals surface area contributed by atoms with Gasteiger partial charge in [0.15, 0.2) is 0 Å². The van der Waals surface area contributed by atoms with Gasteiger partial charge < -0.3 is 14.6 Å². The summed E-state index contributed by atoms with van der Waals surface area (Å²) in [5.74, 6) is -0.295. The lowest BCUT2D eigenvalue weighted by molar-refractivity contribution is -0.144. The molecule has 0 aromatic carbocycles. The van der Waals surface area contributed by atoms with Crippen molar-refractivity contribution in [3.05, 3.63) is 12.7 Å². The number of aliphatic hydroxyl groups excluding tert-OH is 1. The van der Waals surface area contributed by atoms with Gasteiger partial charge in [0.2, 0.25) is 0 Å². The number of hydrogen-bond acceptors (Lipinski definition) is 5. The van der Waals surface area contributed by atoms with Crippen molar-refractivity contribution < 1.29 is 19.4 Å². The lowest BCUT2D eigenvalue weighted by Crippen LogP contribution is -2.39. The molecule has 0 bridgehead atoms. The third kappa shape index (κ3) is 9.15. The Morgan fingerprint density at radius 1 is 1.50 bits per heavy atom. The number of esters is 1. The minimum atomic E-state index is -0.623. The zero-order chi connectivity index (χ0) is 14.0. The largest absolute Gasteiger partial charge is 0.465 e. The van der Waals surface area contributed by atoms with Crippen molar-refractivity contribution in [2.24, 2.45) is 0 Å². The van der Waals surface area contributed by atoms with Crippen LogP contribution in [0, 0.1) is 0 Å². The fraction of sp³-hybridized carbons (Fsp3) is 0.769. The Labute approximate surface area is 109 Å². The Morgan fingerprint density at radius 3 is 2.67 bits per heavy atom. The maximum absolute atomic E-state index is 11.4. The molecular formula is C13H25NO4. The summed E-state index contributed by atoms with van der Waals surface area (Å²) < 4.78 is 10.2. The van der Waals surface area contributed by atoms with Crippen LogP contribution in [-0.2, 0) is 14.3 Å². The Balaban J connectivity index is 4.08. The van der Waals surface area contributed by atoms with Crippen molar-refractivity contribution in [2.75, 3.05) is 32.8 Å². The molecule has 5 nitrogen and oxygen atoms in total. The fourth-order valence-electron chi connectivity index (χ4n) is 1.43. The summed E-state index contributed by atoms with van der Waals surface area (Å²) in [4.78, 5) is 13.1. The van der Waals surface area contributed by atoms with Crippen LogP contribution in [0.15, 0.2) is 12.7 Å². The second kappa shape index (κ2) is 10.1. The van der Waals surface area contributed by atoms with Gasteiger partial charge in [0, 0.05) is 13.1 Å². The molecule has 0 spiro atoms. The molecule has 0 rings (SSSR count). The second-order valence-electron chi connectivity index (χ2n) is 4.32. The quantitative estimate of drug-likeness (QED) is 0.465.